The molecule has 0 aromatic heterocycles. The fourth-order valence-electron chi connectivity index (χ4n) is 3.97. The number of carbonyl (C=O) groups is 2. The lowest BCUT2D eigenvalue weighted by Gasteiger charge is -2.34. The summed E-state index contributed by atoms with van der Waals surface area (Å²) in [5.41, 5.74) is 5.89. The zero-order valence-corrected chi connectivity index (χ0v) is 16.2. The summed E-state index contributed by atoms with van der Waals surface area (Å²) in [6, 6.07) is 9.51. The minimum atomic E-state index is -0.0853. The fourth-order valence-corrected chi connectivity index (χ4v) is 3.97. The molecule has 2 heterocycles. The molecule has 27 heavy (non-hydrogen) atoms. The molecule has 0 bridgehead atoms. The van der Waals surface area contributed by atoms with Crippen molar-refractivity contribution in [2.75, 3.05) is 39.3 Å². The van der Waals surface area contributed by atoms with Crippen LogP contribution in [0, 0.1) is 11.3 Å². The predicted molar refractivity (Wildman–Crippen MR) is 104 cm³/mol. The highest BCUT2D eigenvalue weighted by Gasteiger charge is 2.38. The number of hydrogen-bond acceptors (Lipinski definition) is 4. The van der Waals surface area contributed by atoms with Crippen LogP contribution in [-0.4, -0.2) is 60.9 Å². The number of nitrogens with zero attached hydrogens (tertiary/aromatic N) is 2. The maximum Gasteiger partial charge on any atom is 0.227 e. The van der Waals surface area contributed by atoms with Crippen LogP contribution in [0.3, 0.4) is 0 Å². The van der Waals surface area contributed by atoms with Crippen molar-refractivity contribution in [3.8, 4) is 5.75 Å². The molecule has 0 spiro atoms. The standard InChI is InChI=1S/C21H31N3O3/c1-21(15-22)10-12-24(16-21)20(26)17-6-5-11-23(14-17)19(25)9-13-27-18-7-3-2-4-8-18/h2-4,7-8,17H,5-6,9-16,22H2,1H3. The van der Waals surface area contributed by atoms with Gasteiger partial charge in [-0.1, -0.05) is 25.1 Å². The maximum atomic E-state index is 12.9. The van der Waals surface area contributed by atoms with Gasteiger partial charge in [0.25, 0.3) is 0 Å². The number of amides is 2. The number of benzene rings is 1. The third kappa shape index (κ3) is 5.01. The summed E-state index contributed by atoms with van der Waals surface area (Å²) in [4.78, 5) is 29.2. The summed E-state index contributed by atoms with van der Waals surface area (Å²) in [6.45, 7) is 5.88. The van der Waals surface area contributed by atoms with E-state index in [2.05, 4.69) is 6.92 Å². The van der Waals surface area contributed by atoms with Crippen molar-refractivity contribution >= 4 is 11.8 Å². The largest absolute Gasteiger partial charge is 0.493 e. The molecule has 0 saturated carbocycles. The number of ether oxygens (including phenoxy) is 1. The summed E-state index contributed by atoms with van der Waals surface area (Å²) < 4.78 is 5.62. The van der Waals surface area contributed by atoms with Gasteiger partial charge in [-0.2, -0.15) is 0 Å². The van der Waals surface area contributed by atoms with Crippen LogP contribution in [-0.2, 0) is 9.59 Å². The molecule has 2 atom stereocenters. The van der Waals surface area contributed by atoms with Crippen LogP contribution in [0.25, 0.3) is 0 Å². The number of piperidine rings is 1. The topological polar surface area (TPSA) is 75.9 Å². The van der Waals surface area contributed by atoms with Crippen molar-refractivity contribution in [1.82, 2.24) is 9.80 Å². The molecular formula is C21H31N3O3. The predicted octanol–water partition coefficient (Wildman–Crippen LogP) is 1.89. The summed E-state index contributed by atoms with van der Waals surface area (Å²) in [5, 5.41) is 0. The van der Waals surface area contributed by atoms with E-state index in [1.165, 1.54) is 0 Å². The lowest BCUT2D eigenvalue weighted by atomic mass is 9.90. The van der Waals surface area contributed by atoms with Crippen molar-refractivity contribution in [2.24, 2.45) is 17.1 Å². The zero-order chi connectivity index (χ0) is 19.3. The molecule has 6 heteroatoms. The Labute approximate surface area is 161 Å². The fraction of sp³-hybridized carbons (Fsp3) is 0.619. The van der Waals surface area contributed by atoms with Crippen molar-refractivity contribution in [3.05, 3.63) is 30.3 Å². The molecule has 2 saturated heterocycles. The Balaban J connectivity index is 1.47. The van der Waals surface area contributed by atoms with Crippen LogP contribution in [0.2, 0.25) is 0 Å². The lowest BCUT2D eigenvalue weighted by Crippen LogP contribution is -2.47. The van der Waals surface area contributed by atoms with E-state index >= 15 is 0 Å². The second-order valence-corrected chi connectivity index (χ2v) is 8.11. The van der Waals surface area contributed by atoms with Gasteiger partial charge in [-0.3, -0.25) is 9.59 Å². The van der Waals surface area contributed by atoms with Crippen LogP contribution >= 0.6 is 0 Å². The monoisotopic (exact) mass is 373 g/mol. The van der Waals surface area contributed by atoms with E-state index in [-0.39, 0.29) is 23.1 Å². The molecule has 148 valence electrons. The Bertz CT molecular complexity index is 651. The third-order valence-corrected chi connectivity index (χ3v) is 5.81. The van der Waals surface area contributed by atoms with E-state index in [0.29, 0.717) is 26.1 Å². The summed E-state index contributed by atoms with van der Waals surface area (Å²) in [5.74, 6) is 0.939. The van der Waals surface area contributed by atoms with Gasteiger partial charge in [0.1, 0.15) is 5.75 Å². The van der Waals surface area contributed by atoms with E-state index in [0.717, 1.165) is 44.6 Å². The Hall–Kier alpha value is -2.08. The highest BCUT2D eigenvalue weighted by molar-refractivity contribution is 5.81. The van der Waals surface area contributed by atoms with Gasteiger partial charge in [-0.05, 0) is 43.4 Å². The Morgan fingerprint density at radius 2 is 2.00 bits per heavy atom. The van der Waals surface area contributed by atoms with E-state index in [1.807, 2.05) is 40.1 Å². The molecule has 2 fully saturated rings. The van der Waals surface area contributed by atoms with Gasteiger partial charge in [0.2, 0.25) is 11.8 Å². The maximum absolute atomic E-state index is 12.9. The molecule has 0 aliphatic carbocycles. The number of likely N-dealkylation sites (tertiary alicyclic amines) is 2. The SMILES string of the molecule is CC1(CN)CCN(C(=O)C2CCCN(C(=O)CCOc3ccccc3)C2)C1. The molecular weight excluding hydrogens is 342 g/mol. The number of rotatable bonds is 6. The molecule has 2 unspecified atom stereocenters. The highest BCUT2D eigenvalue weighted by Crippen LogP contribution is 2.31. The van der Waals surface area contributed by atoms with Crippen LogP contribution in [0.1, 0.15) is 32.6 Å². The molecule has 1 aromatic carbocycles. The second kappa shape index (κ2) is 8.74. The number of carbonyl (C=O) groups excluding carboxylic acids is 2. The van der Waals surface area contributed by atoms with E-state index in [9.17, 15) is 9.59 Å². The van der Waals surface area contributed by atoms with E-state index < -0.39 is 0 Å². The first-order chi connectivity index (χ1) is 13.0. The Morgan fingerprint density at radius 1 is 1.22 bits per heavy atom. The highest BCUT2D eigenvalue weighted by atomic mass is 16.5. The summed E-state index contributed by atoms with van der Waals surface area (Å²) >= 11 is 0. The average Bonchev–Trinajstić information content (AvgIpc) is 3.11. The molecule has 2 amide bonds. The van der Waals surface area contributed by atoms with Gasteiger partial charge in [0, 0.05) is 26.2 Å². The van der Waals surface area contributed by atoms with Crippen LogP contribution in [0.15, 0.2) is 30.3 Å². The molecule has 0 radical (unpaired) electrons. The van der Waals surface area contributed by atoms with Gasteiger partial charge in [0.05, 0.1) is 18.9 Å². The van der Waals surface area contributed by atoms with Crippen LogP contribution < -0.4 is 10.5 Å². The van der Waals surface area contributed by atoms with Gasteiger partial charge in [-0.25, -0.2) is 0 Å². The Morgan fingerprint density at radius 3 is 2.70 bits per heavy atom. The van der Waals surface area contributed by atoms with Crippen LogP contribution in [0.5, 0.6) is 5.75 Å². The first-order valence-corrected chi connectivity index (χ1v) is 9.95. The average molecular weight is 373 g/mol. The summed E-state index contributed by atoms with van der Waals surface area (Å²) in [7, 11) is 0. The first kappa shape index (κ1) is 19.7. The van der Waals surface area contributed by atoms with Crippen LogP contribution in [0.4, 0.5) is 0 Å². The van der Waals surface area contributed by atoms with E-state index in [1.54, 1.807) is 0 Å². The van der Waals surface area contributed by atoms with Gasteiger partial charge in [-0.15, -0.1) is 0 Å². The molecule has 3 rings (SSSR count). The lowest BCUT2D eigenvalue weighted by molar-refractivity contribution is -0.140. The van der Waals surface area contributed by atoms with Gasteiger partial charge in [0.15, 0.2) is 0 Å². The zero-order valence-electron chi connectivity index (χ0n) is 16.2. The molecule has 2 N–H and O–H groups in total. The molecule has 6 nitrogen and oxygen atoms in total. The molecule has 2 aliphatic heterocycles. The smallest absolute Gasteiger partial charge is 0.227 e. The van der Waals surface area contributed by atoms with Crippen molar-refractivity contribution in [3.63, 3.8) is 0 Å². The van der Waals surface area contributed by atoms with Gasteiger partial charge < -0.3 is 20.3 Å². The minimum absolute atomic E-state index is 0.0363. The third-order valence-electron chi connectivity index (χ3n) is 5.81. The number of nitrogens with two attached hydrogens (primary N) is 1. The first-order valence-electron chi connectivity index (χ1n) is 9.95. The van der Waals surface area contributed by atoms with Crippen molar-refractivity contribution in [2.45, 2.75) is 32.6 Å². The minimum Gasteiger partial charge on any atom is -0.493 e. The second-order valence-electron chi connectivity index (χ2n) is 8.11. The van der Waals surface area contributed by atoms with Gasteiger partial charge >= 0.3 is 0 Å². The Kier molecular flexibility index (Phi) is 6.37. The molecule has 2 aliphatic rings. The molecule has 1 aromatic rings. The van der Waals surface area contributed by atoms with Crippen molar-refractivity contribution < 1.29 is 14.3 Å². The quantitative estimate of drug-likeness (QED) is 0.826. The number of para-hydroxylation sites is 1. The summed E-state index contributed by atoms with van der Waals surface area (Å²) in [6.07, 6.45) is 3.04. The number of hydrogen-bond donors (Lipinski definition) is 1. The van der Waals surface area contributed by atoms with E-state index in [4.69, 9.17) is 10.5 Å². The normalized spacial score (nSPS) is 25.5. The van der Waals surface area contributed by atoms with Crippen molar-refractivity contribution in [1.29, 1.82) is 0 Å².